The normalized spacial score (nSPS) is 12.4. The molecule has 0 aliphatic carbocycles. The maximum Gasteiger partial charge on any atom is 0.169 e. The summed E-state index contributed by atoms with van der Waals surface area (Å²) in [5.41, 5.74) is 1.03. The van der Waals surface area contributed by atoms with Crippen molar-refractivity contribution >= 4 is 27.5 Å². The quantitative estimate of drug-likeness (QED) is 0.919. The van der Waals surface area contributed by atoms with Gasteiger partial charge in [-0.05, 0) is 52.8 Å². The molecule has 1 aromatic heterocycles. The molecule has 1 N–H and O–H groups in total. The lowest BCUT2D eigenvalue weighted by molar-refractivity contribution is 0.412. The van der Waals surface area contributed by atoms with Crippen molar-refractivity contribution in [1.82, 2.24) is 5.32 Å². The summed E-state index contributed by atoms with van der Waals surface area (Å²) in [5.74, 6) is 1.48. The number of furan rings is 1. The first-order valence-electron chi connectivity index (χ1n) is 5.41. The van der Waals surface area contributed by atoms with Gasteiger partial charge in [-0.25, -0.2) is 0 Å². The van der Waals surface area contributed by atoms with Gasteiger partial charge >= 0.3 is 0 Å². The zero-order valence-electron chi connectivity index (χ0n) is 10.0. The lowest BCUT2D eigenvalue weighted by Gasteiger charge is -2.15. The minimum atomic E-state index is -0.0394. The number of hydrogen-bond acceptors (Lipinski definition) is 3. The fraction of sp³-hybridized carbons (Fsp3) is 0.231. The SMILES string of the molecule is CNC(c1ccc(Cl)c(OC)c1)c1ccc(Br)o1. The minimum absolute atomic E-state index is 0.0394. The molecule has 0 bridgehead atoms. The van der Waals surface area contributed by atoms with Crippen molar-refractivity contribution in [1.29, 1.82) is 0 Å². The van der Waals surface area contributed by atoms with Gasteiger partial charge in [-0.3, -0.25) is 0 Å². The van der Waals surface area contributed by atoms with Gasteiger partial charge in [0.1, 0.15) is 11.5 Å². The van der Waals surface area contributed by atoms with Crippen LogP contribution in [-0.2, 0) is 0 Å². The van der Waals surface area contributed by atoms with Crippen LogP contribution >= 0.6 is 27.5 Å². The molecule has 0 amide bonds. The van der Waals surface area contributed by atoms with Crippen LogP contribution in [0.5, 0.6) is 5.75 Å². The molecule has 2 aromatic rings. The number of nitrogens with one attached hydrogen (secondary N) is 1. The molecular weight excluding hydrogens is 318 g/mol. The number of halogens is 2. The van der Waals surface area contributed by atoms with Crippen molar-refractivity contribution < 1.29 is 9.15 Å². The fourth-order valence-electron chi connectivity index (χ4n) is 1.81. The van der Waals surface area contributed by atoms with Crippen LogP contribution in [0.4, 0.5) is 0 Å². The first-order valence-corrected chi connectivity index (χ1v) is 6.58. The molecular formula is C13H13BrClNO2. The van der Waals surface area contributed by atoms with E-state index in [1.807, 2.05) is 37.4 Å². The molecule has 0 saturated heterocycles. The highest BCUT2D eigenvalue weighted by Gasteiger charge is 2.17. The second-order valence-electron chi connectivity index (χ2n) is 3.76. The molecule has 0 radical (unpaired) electrons. The third kappa shape index (κ3) is 2.71. The molecule has 0 aliphatic heterocycles. The monoisotopic (exact) mass is 329 g/mol. The van der Waals surface area contributed by atoms with E-state index in [1.54, 1.807) is 7.11 Å². The molecule has 0 aliphatic rings. The lowest BCUT2D eigenvalue weighted by atomic mass is 10.0. The van der Waals surface area contributed by atoms with Crippen LogP contribution in [0, 0.1) is 0 Å². The molecule has 1 heterocycles. The van der Waals surface area contributed by atoms with Gasteiger partial charge < -0.3 is 14.5 Å². The van der Waals surface area contributed by atoms with Gasteiger partial charge in [-0.2, -0.15) is 0 Å². The van der Waals surface area contributed by atoms with E-state index < -0.39 is 0 Å². The topological polar surface area (TPSA) is 34.4 Å². The largest absolute Gasteiger partial charge is 0.495 e. The van der Waals surface area contributed by atoms with Crippen molar-refractivity contribution in [2.24, 2.45) is 0 Å². The predicted octanol–water partition coefficient (Wildman–Crippen LogP) is 4.01. The van der Waals surface area contributed by atoms with E-state index in [0.29, 0.717) is 15.4 Å². The highest BCUT2D eigenvalue weighted by atomic mass is 79.9. The molecule has 0 saturated carbocycles. The van der Waals surface area contributed by atoms with Crippen LogP contribution in [0.3, 0.4) is 0 Å². The molecule has 1 unspecified atom stereocenters. The highest BCUT2D eigenvalue weighted by Crippen LogP contribution is 2.31. The Morgan fingerprint density at radius 1 is 1.33 bits per heavy atom. The van der Waals surface area contributed by atoms with Gasteiger partial charge in [0.25, 0.3) is 0 Å². The Hall–Kier alpha value is -0.970. The second-order valence-corrected chi connectivity index (χ2v) is 4.95. The number of hydrogen-bond donors (Lipinski definition) is 1. The number of ether oxygens (including phenoxy) is 1. The van der Waals surface area contributed by atoms with Crippen LogP contribution in [-0.4, -0.2) is 14.2 Å². The van der Waals surface area contributed by atoms with Crippen molar-refractivity contribution in [3.8, 4) is 5.75 Å². The first kappa shape index (κ1) is 13.5. The fourth-order valence-corrected chi connectivity index (χ4v) is 2.33. The average molecular weight is 331 g/mol. The van der Waals surface area contributed by atoms with Crippen LogP contribution in [0.25, 0.3) is 0 Å². The van der Waals surface area contributed by atoms with Gasteiger partial charge in [-0.1, -0.05) is 17.7 Å². The minimum Gasteiger partial charge on any atom is -0.495 e. The van der Waals surface area contributed by atoms with Gasteiger partial charge in [0.2, 0.25) is 0 Å². The van der Waals surface area contributed by atoms with E-state index in [4.69, 9.17) is 20.8 Å². The van der Waals surface area contributed by atoms with Gasteiger partial charge in [0, 0.05) is 0 Å². The molecule has 0 spiro atoms. The number of rotatable bonds is 4. The third-order valence-corrected chi connectivity index (χ3v) is 3.41. The zero-order chi connectivity index (χ0) is 13.1. The maximum atomic E-state index is 6.02. The van der Waals surface area contributed by atoms with Crippen molar-refractivity contribution in [3.63, 3.8) is 0 Å². The molecule has 96 valence electrons. The zero-order valence-corrected chi connectivity index (χ0v) is 12.4. The third-order valence-electron chi connectivity index (χ3n) is 2.68. The molecule has 18 heavy (non-hydrogen) atoms. The summed E-state index contributed by atoms with van der Waals surface area (Å²) in [6.45, 7) is 0. The Morgan fingerprint density at radius 3 is 2.67 bits per heavy atom. The van der Waals surface area contributed by atoms with Crippen LogP contribution in [0.15, 0.2) is 39.4 Å². The Morgan fingerprint density at radius 2 is 2.11 bits per heavy atom. The molecule has 0 fully saturated rings. The maximum absolute atomic E-state index is 6.02. The molecule has 1 atom stereocenters. The van der Waals surface area contributed by atoms with E-state index in [9.17, 15) is 0 Å². The summed E-state index contributed by atoms with van der Waals surface area (Å²) in [4.78, 5) is 0. The van der Waals surface area contributed by atoms with Gasteiger partial charge in [0.05, 0.1) is 18.2 Å². The average Bonchev–Trinajstić information content (AvgIpc) is 2.79. The molecule has 3 nitrogen and oxygen atoms in total. The summed E-state index contributed by atoms with van der Waals surface area (Å²) in [5, 5.41) is 3.80. The summed E-state index contributed by atoms with van der Waals surface area (Å²) < 4.78 is 11.5. The smallest absolute Gasteiger partial charge is 0.169 e. The summed E-state index contributed by atoms with van der Waals surface area (Å²) in [7, 11) is 3.48. The van der Waals surface area contributed by atoms with E-state index in [-0.39, 0.29) is 6.04 Å². The first-order chi connectivity index (χ1) is 8.65. The Labute approximate surface area is 119 Å². The van der Waals surface area contributed by atoms with E-state index in [2.05, 4.69) is 21.2 Å². The lowest BCUT2D eigenvalue weighted by Crippen LogP contribution is -2.17. The summed E-state index contributed by atoms with van der Waals surface area (Å²) >= 11 is 9.32. The van der Waals surface area contributed by atoms with E-state index in [1.165, 1.54) is 0 Å². The molecule has 2 rings (SSSR count). The van der Waals surface area contributed by atoms with Crippen LogP contribution in [0.1, 0.15) is 17.4 Å². The number of methoxy groups -OCH3 is 1. The van der Waals surface area contributed by atoms with Crippen molar-refractivity contribution in [3.05, 3.63) is 51.3 Å². The van der Waals surface area contributed by atoms with Gasteiger partial charge in [0.15, 0.2) is 4.67 Å². The standard InChI is InChI=1S/C13H13BrClNO2/c1-16-13(10-5-6-12(14)18-10)8-3-4-9(15)11(7-8)17-2/h3-7,13,16H,1-2H3. The van der Waals surface area contributed by atoms with Gasteiger partial charge in [-0.15, -0.1) is 0 Å². The Balaban J connectivity index is 2.38. The molecule has 1 aromatic carbocycles. The molecule has 5 heteroatoms. The van der Waals surface area contributed by atoms with E-state index >= 15 is 0 Å². The number of benzene rings is 1. The van der Waals surface area contributed by atoms with E-state index in [0.717, 1.165) is 11.3 Å². The van der Waals surface area contributed by atoms with Crippen molar-refractivity contribution in [2.45, 2.75) is 6.04 Å². The predicted molar refractivity (Wildman–Crippen MR) is 75.3 cm³/mol. The summed E-state index contributed by atoms with van der Waals surface area (Å²) in [6.07, 6.45) is 0. The Bertz CT molecular complexity index is 542. The summed E-state index contributed by atoms with van der Waals surface area (Å²) in [6, 6.07) is 9.42. The highest BCUT2D eigenvalue weighted by molar-refractivity contribution is 9.10. The second kappa shape index (κ2) is 5.78. The van der Waals surface area contributed by atoms with Crippen molar-refractivity contribution in [2.75, 3.05) is 14.2 Å². The van der Waals surface area contributed by atoms with Crippen LogP contribution in [0.2, 0.25) is 5.02 Å². The van der Waals surface area contributed by atoms with Crippen LogP contribution < -0.4 is 10.1 Å². The Kier molecular flexibility index (Phi) is 4.32.